The van der Waals surface area contributed by atoms with Crippen molar-refractivity contribution in [2.24, 2.45) is 0 Å². The van der Waals surface area contributed by atoms with E-state index in [9.17, 15) is 9.18 Å². The van der Waals surface area contributed by atoms with Crippen LogP contribution in [0.4, 0.5) is 4.39 Å². The van der Waals surface area contributed by atoms with Crippen molar-refractivity contribution in [1.29, 1.82) is 0 Å². The maximum absolute atomic E-state index is 14.7. The molecular formula is C31H30FN3O3. The number of carbonyl (C=O) groups is 1. The van der Waals surface area contributed by atoms with Gasteiger partial charge < -0.3 is 18.7 Å². The van der Waals surface area contributed by atoms with Crippen molar-refractivity contribution in [3.8, 4) is 11.1 Å². The number of aromatic nitrogens is 2. The molecule has 194 valence electrons. The van der Waals surface area contributed by atoms with Gasteiger partial charge in [-0.15, -0.1) is 0 Å². The molecule has 0 aliphatic carbocycles. The minimum Gasteiger partial charge on any atom is -0.372 e. The molecule has 1 aliphatic rings. The standard InChI is InChI=1S/C31H30FN3O3/c1-18-15-34(16-19(2)37-18)31(36)23-10-12-28-26(13-23)25-11-9-22(30-20(3)33-38-21(30)4)14-29(25)35(28)17-24-7-5-6-8-27(24)32/h5-14,18-19H,15-17H2,1-4H3/t18-,19+. The number of fused-ring (bicyclic) bond motifs is 3. The molecule has 3 aromatic carbocycles. The molecule has 0 unspecified atom stereocenters. The van der Waals surface area contributed by atoms with Gasteiger partial charge in [0.2, 0.25) is 0 Å². The molecule has 6 nitrogen and oxygen atoms in total. The number of ether oxygens (including phenoxy) is 1. The predicted octanol–water partition coefficient (Wildman–Crippen LogP) is 6.50. The Balaban J connectivity index is 1.51. The van der Waals surface area contributed by atoms with Gasteiger partial charge in [-0.25, -0.2) is 4.39 Å². The topological polar surface area (TPSA) is 60.5 Å². The highest BCUT2D eigenvalue weighted by molar-refractivity contribution is 6.11. The van der Waals surface area contributed by atoms with Crippen molar-refractivity contribution in [2.45, 2.75) is 46.4 Å². The first-order chi connectivity index (χ1) is 18.3. The monoisotopic (exact) mass is 511 g/mol. The van der Waals surface area contributed by atoms with Gasteiger partial charge in [0.1, 0.15) is 11.6 Å². The Bertz CT molecular complexity index is 1660. The molecule has 0 saturated carbocycles. The fourth-order valence-corrected chi connectivity index (χ4v) is 5.78. The Morgan fingerprint density at radius 1 is 0.974 bits per heavy atom. The van der Waals surface area contributed by atoms with E-state index in [1.807, 2.05) is 62.9 Å². The molecule has 3 heterocycles. The molecule has 2 atom stereocenters. The quantitative estimate of drug-likeness (QED) is 0.276. The van der Waals surface area contributed by atoms with Crippen molar-refractivity contribution in [3.05, 3.63) is 89.1 Å². The first-order valence-electron chi connectivity index (χ1n) is 13.0. The van der Waals surface area contributed by atoms with E-state index in [-0.39, 0.29) is 23.9 Å². The molecule has 0 N–H and O–H groups in total. The number of halogens is 1. The van der Waals surface area contributed by atoms with Gasteiger partial charge in [-0.2, -0.15) is 0 Å². The summed E-state index contributed by atoms with van der Waals surface area (Å²) in [5.41, 5.74) is 5.91. The van der Waals surface area contributed by atoms with Crippen molar-refractivity contribution in [2.75, 3.05) is 13.1 Å². The fraction of sp³-hybridized carbons (Fsp3) is 0.290. The number of morpholine rings is 1. The minimum atomic E-state index is -0.244. The number of aryl methyl sites for hydroxylation is 2. The van der Waals surface area contributed by atoms with Crippen LogP contribution in [0.25, 0.3) is 32.9 Å². The number of hydrogen-bond acceptors (Lipinski definition) is 4. The summed E-state index contributed by atoms with van der Waals surface area (Å²) in [6.45, 7) is 9.31. The lowest BCUT2D eigenvalue weighted by Crippen LogP contribution is -2.48. The van der Waals surface area contributed by atoms with Crippen LogP contribution in [0.2, 0.25) is 0 Å². The highest BCUT2D eigenvalue weighted by Crippen LogP contribution is 2.36. The second-order valence-corrected chi connectivity index (χ2v) is 10.3. The summed E-state index contributed by atoms with van der Waals surface area (Å²) in [7, 11) is 0. The summed E-state index contributed by atoms with van der Waals surface area (Å²) >= 11 is 0. The summed E-state index contributed by atoms with van der Waals surface area (Å²) < 4.78 is 28.1. The second-order valence-electron chi connectivity index (χ2n) is 10.3. The van der Waals surface area contributed by atoms with Crippen LogP contribution in [0, 0.1) is 19.7 Å². The third kappa shape index (κ3) is 4.17. The smallest absolute Gasteiger partial charge is 0.254 e. The molecule has 0 spiro atoms. The summed E-state index contributed by atoms with van der Waals surface area (Å²) in [5, 5.41) is 6.09. The van der Waals surface area contributed by atoms with Gasteiger partial charge in [0, 0.05) is 46.1 Å². The maximum Gasteiger partial charge on any atom is 0.254 e. The Labute approximate surface area is 220 Å². The van der Waals surface area contributed by atoms with Crippen LogP contribution in [0.3, 0.4) is 0 Å². The fourth-order valence-electron chi connectivity index (χ4n) is 5.78. The van der Waals surface area contributed by atoms with E-state index in [4.69, 9.17) is 9.26 Å². The van der Waals surface area contributed by atoms with Gasteiger partial charge >= 0.3 is 0 Å². The van der Waals surface area contributed by atoms with Gasteiger partial charge in [-0.3, -0.25) is 4.79 Å². The van der Waals surface area contributed by atoms with Crippen LogP contribution < -0.4 is 0 Å². The van der Waals surface area contributed by atoms with Gasteiger partial charge in [0.25, 0.3) is 5.91 Å². The van der Waals surface area contributed by atoms with E-state index in [1.165, 1.54) is 6.07 Å². The van der Waals surface area contributed by atoms with Crippen LogP contribution in [-0.4, -0.2) is 45.8 Å². The number of amides is 1. The third-order valence-corrected chi connectivity index (χ3v) is 7.43. The van der Waals surface area contributed by atoms with E-state index in [1.54, 1.807) is 6.07 Å². The Hall–Kier alpha value is -3.97. The van der Waals surface area contributed by atoms with E-state index < -0.39 is 0 Å². The van der Waals surface area contributed by atoms with E-state index in [0.717, 1.165) is 44.4 Å². The predicted molar refractivity (Wildman–Crippen MR) is 146 cm³/mol. The zero-order valence-corrected chi connectivity index (χ0v) is 22.0. The lowest BCUT2D eigenvalue weighted by atomic mass is 10.0. The first-order valence-corrected chi connectivity index (χ1v) is 13.0. The Morgan fingerprint density at radius 3 is 2.45 bits per heavy atom. The summed E-state index contributed by atoms with van der Waals surface area (Å²) in [6.07, 6.45) is -0.00582. The lowest BCUT2D eigenvalue weighted by molar-refractivity contribution is -0.0586. The Kier molecular flexibility index (Phi) is 6.03. The number of carbonyl (C=O) groups excluding carboxylic acids is 1. The van der Waals surface area contributed by atoms with Gasteiger partial charge in [-0.1, -0.05) is 35.5 Å². The molecule has 38 heavy (non-hydrogen) atoms. The zero-order valence-electron chi connectivity index (χ0n) is 22.0. The Morgan fingerprint density at radius 2 is 1.74 bits per heavy atom. The molecule has 1 aliphatic heterocycles. The SMILES string of the molecule is Cc1noc(C)c1-c1ccc2c3cc(C(=O)N4C[C@@H](C)O[C@@H](C)C4)ccc3n(Cc3ccccc3F)c2c1. The average molecular weight is 512 g/mol. The molecule has 1 saturated heterocycles. The number of rotatable bonds is 4. The molecular weight excluding hydrogens is 481 g/mol. The van der Waals surface area contributed by atoms with Crippen molar-refractivity contribution >= 4 is 27.7 Å². The van der Waals surface area contributed by atoms with E-state index in [0.29, 0.717) is 30.8 Å². The summed E-state index contributed by atoms with van der Waals surface area (Å²) in [6, 6.07) is 18.9. The van der Waals surface area contributed by atoms with E-state index >= 15 is 0 Å². The second kappa shape index (κ2) is 9.40. The number of nitrogens with zero attached hydrogens (tertiary/aromatic N) is 3. The molecule has 5 aromatic rings. The average Bonchev–Trinajstić information content (AvgIpc) is 3.39. The lowest BCUT2D eigenvalue weighted by Gasteiger charge is -2.35. The highest BCUT2D eigenvalue weighted by atomic mass is 19.1. The molecule has 0 radical (unpaired) electrons. The van der Waals surface area contributed by atoms with Crippen LogP contribution in [0.1, 0.15) is 41.2 Å². The summed E-state index contributed by atoms with van der Waals surface area (Å²) in [4.78, 5) is 15.4. The zero-order chi connectivity index (χ0) is 26.6. The van der Waals surface area contributed by atoms with Crippen LogP contribution in [-0.2, 0) is 11.3 Å². The van der Waals surface area contributed by atoms with Gasteiger partial charge in [0.05, 0.1) is 30.0 Å². The molecule has 1 amide bonds. The van der Waals surface area contributed by atoms with Crippen molar-refractivity contribution in [1.82, 2.24) is 14.6 Å². The molecule has 1 fully saturated rings. The number of benzene rings is 3. The number of hydrogen-bond donors (Lipinski definition) is 0. The van der Waals surface area contributed by atoms with Crippen LogP contribution >= 0.6 is 0 Å². The van der Waals surface area contributed by atoms with Crippen molar-refractivity contribution in [3.63, 3.8) is 0 Å². The maximum atomic E-state index is 14.7. The van der Waals surface area contributed by atoms with Crippen LogP contribution in [0.15, 0.2) is 65.2 Å². The van der Waals surface area contributed by atoms with Crippen molar-refractivity contribution < 1.29 is 18.4 Å². The first kappa shape index (κ1) is 24.4. The largest absolute Gasteiger partial charge is 0.372 e. The highest BCUT2D eigenvalue weighted by Gasteiger charge is 2.27. The third-order valence-electron chi connectivity index (χ3n) is 7.43. The van der Waals surface area contributed by atoms with Crippen LogP contribution in [0.5, 0.6) is 0 Å². The summed E-state index contributed by atoms with van der Waals surface area (Å²) in [5.74, 6) is 0.503. The molecule has 2 aromatic heterocycles. The van der Waals surface area contributed by atoms with Gasteiger partial charge in [-0.05, 0) is 63.6 Å². The normalized spacial score (nSPS) is 18.0. The van der Waals surface area contributed by atoms with E-state index in [2.05, 4.69) is 27.9 Å². The molecule has 0 bridgehead atoms. The van der Waals surface area contributed by atoms with Gasteiger partial charge in [0.15, 0.2) is 0 Å². The molecule has 6 rings (SSSR count). The minimum absolute atomic E-state index is 0.00291. The molecule has 7 heteroatoms.